The Morgan fingerprint density at radius 3 is 2.12 bits per heavy atom. The van der Waals surface area contributed by atoms with Crippen LogP contribution in [0.15, 0.2) is 60.7 Å². The van der Waals surface area contributed by atoms with Gasteiger partial charge in [0.1, 0.15) is 5.75 Å². The average Bonchev–Trinajstić information content (AvgIpc) is 2.87. The molecule has 0 spiro atoms. The third-order valence-electron chi connectivity index (χ3n) is 5.81. The fourth-order valence-electron chi connectivity index (χ4n) is 4.01. The zero-order valence-electron chi connectivity index (χ0n) is 20.2. The summed E-state index contributed by atoms with van der Waals surface area (Å²) in [5.41, 5.74) is 6.30. The van der Waals surface area contributed by atoms with E-state index in [-0.39, 0.29) is 0 Å². The first-order chi connectivity index (χ1) is 16.2. The second kappa shape index (κ2) is 12.7. The molecule has 0 saturated carbocycles. The molecule has 4 nitrogen and oxygen atoms in total. The van der Waals surface area contributed by atoms with Crippen LogP contribution in [-0.2, 0) is 19.3 Å². The van der Waals surface area contributed by atoms with Crippen molar-refractivity contribution in [2.24, 2.45) is 0 Å². The Bertz CT molecular complexity index is 1040. The van der Waals surface area contributed by atoms with Gasteiger partial charge in [0.15, 0.2) is 11.5 Å². The number of aryl methyl sites for hydroxylation is 3. The van der Waals surface area contributed by atoms with E-state index in [0.717, 1.165) is 49.5 Å². The zero-order valence-corrected chi connectivity index (χ0v) is 20.2. The van der Waals surface area contributed by atoms with Crippen molar-refractivity contribution in [3.05, 3.63) is 88.5 Å². The molecule has 0 aromatic heterocycles. The Morgan fingerprint density at radius 1 is 0.727 bits per heavy atom. The minimum Gasteiger partial charge on any atom is -0.497 e. The summed E-state index contributed by atoms with van der Waals surface area (Å²) in [7, 11) is 7.07. The maximum Gasteiger partial charge on any atom is 0.160 e. The van der Waals surface area contributed by atoms with Crippen molar-refractivity contribution >= 4 is 12.2 Å². The standard InChI is InChI=1S/C29H35NO3/c1-30-18-8-11-24-20-26(31-2)21-25(27(24)16-13-22-9-6-5-7-10-22)15-12-23-14-17-28(32-3)29(19-23)33-4/h5-7,9-10,13-14,16-17,19-21,30H,8,11-12,15,18H2,1-4H3. The molecule has 3 aromatic carbocycles. The van der Waals surface area contributed by atoms with Gasteiger partial charge in [-0.25, -0.2) is 0 Å². The summed E-state index contributed by atoms with van der Waals surface area (Å²) in [6.45, 7) is 0.986. The highest BCUT2D eigenvalue weighted by atomic mass is 16.5. The number of ether oxygens (including phenoxy) is 3. The fourth-order valence-corrected chi connectivity index (χ4v) is 4.01. The highest BCUT2D eigenvalue weighted by Crippen LogP contribution is 2.30. The van der Waals surface area contributed by atoms with Gasteiger partial charge in [-0.1, -0.05) is 48.6 Å². The Labute approximate surface area is 198 Å². The van der Waals surface area contributed by atoms with Crippen molar-refractivity contribution in [3.63, 3.8) is 0 Å². The first-order valence-corrected chi connectivity index (χ1v) is 11.5. The Balaban J connectivity index is 1.93. The molecule has 33 heavy (non-hydrogen) atoms. The van der Waals surface area contributed by atoms with Crippen LogP contribution in [0.1, 0.15) is 34.2 Å². The maximum absolute atomic E-state index is 5.66. The molecule has 0 unspecified atom stereocenters. The molecule has 4 heteroatoms. The molecule has 0 heterocycles. The van der Waals surface area contributed by atoms with Crippen LogP contribution < -0.4 is 19.5 Å². The first kappa shape index (κ1) is 24.4. The number of rotatable bonds is 12. The lowest BCUT2D eigenvalue weighted by Gasteiger charge is -2.16. The monoisotopic (exact) mass is 445 g/mol. The van der Waals surface area contributed by atoms with E-state index >= 15 is 0 Å². The summed E-state index contributed by atoms with van der Waals surface area (Å²) < 4.78 is 16.5. The Kier molecular flexibility index (Phi) is 9.40. The van der Waals surface area contributed by atoms with Gasteiger partial charge in [-0.05, 0) is 91.4 Å². The Morgan fingerprint density at radius 2 is 1.45 bits per heavy atom. The predicted octanol–water partition coefficient (Wildman–Crippen LogP) is 5.82. The van der Waals surface area contributed by atoms with Gasteiger partial charge < -0.3 is 19.5 Å². The van der Waals surface area contributed by atoms with Gasteiger partial charge in [0.25, 0.3) is 0 Å². The van der Waals surface area contributed by atoms with Crippen LogP contribution >= 0.6 is 0 Å². The second-order valence-corrected chi connectivity index (χ2v) is 8.00. The average molecular weight is 446 g/mol. The van der Waals surface area contributed by atoms with Gasteiger partial charge in [-0.3, -0.25) is 0 Å². The molecule has 0 amide bonds. The summed E-state index contributed by atoms with van der Waals surface area (Å²) in [5, 5.41) is 3.25. The van der Waals surface area contributed by atoms with Gasteiger partial charge in [0, 0.05) is 0 Å². The highest BCUT2D eigenvalue weighted by Gasteiger charge is 2.11. The molecule has 1 N–H and O–H groups in total. The third kappa shape index (κ3) is 6.87. The smallest absolute Gasteiger partial charge is 0.160 e. The molecule has 0 atom stereocenters. The van der Waals surface area contributed by atoms with Gasteiger partial charge >= 0.3 is 0 Å². The minimum absolute atomic E-state index is 0.751. The summed E-state index contributed by atoms with van der Waals surface area (Å²) in [6, 6.07) is 20.9. The molecule has 174 valence electrons. The molecule has 0 aliphatic rings. The summed E-state index contributed by atoms with van der Waals surface area (Å²) in [6.07, 6.45) is 8.33. The molecule has 0 saturated heterocycles. The molecular weight excluding hydrogens is 410 g/mol. The van der Waals surface area contributed by atoms with Crippen molar-refractivity contribution < 1.29 is 14.2 Å². The summed E-state index contributed by atoms with van der Waals surface area (Å²) in [5.74, 6) is 2.42. The zero-order chi connectivity index (χ0) is 23.5. The van der Waals surface area contributed by atoms with Crippen molar-refractivity contribution in [1.29, 1.82) is 0 Å². The van der Waals surface area contributed by atoms with E-state index < -0.39 is 0 Å². The third-order valence-corrected chi connectivity index (χ3v) is 5.81. The SMILES string of the molecule is CNCCCc1cc(OC)cc(CCc2ccc(OC)c(OC)c2)c1C=Cc1ccccc1. The first-order valence-electron chi connectivity index (χ1n) is 11.5. The van der Waals surface area contributed by atoms with E-state index in [1.807, 2.05) is 19.2 Å². The molecule has 3 rings (SSSR count). The van der Waals surface area contributed by atoms with Gasteiger partial charge in [0.2, 0.25) is 0 Å². The van der Waals surface area contributed by atoms with Crippen molar-refractivity contribution in [2.45, 2.75) is 25.7 Å². The highest BCUT2D eigenvalue weighted by molar-refractivity contribution is 5.73. The maximum atomic E-state index is 5.66. The van der Waals surface area contributed by atoms with E-state index in [2.05, 4.69) is 66.0 Å². The lowest BCUT2D eigenvalue weighted by atomic mass is 9.92. The molecule has 0 aliphatic heterocycles. The lowest BCUT2D eigenvalue weighted by molar-refractivity contribution is 0.354. The molecular formula is C29H35NO3. The van der Waals surface area contributed by atoms with Gasteiger partial charge in [-0.15, -0.1) is 0 Å². The number of benzene rings is 3. The number of hydrogen-bond acceptors (Lipinski definition) is 4. The van der Waals surface area contributed by atoms with Crippen LogP contribution in [-0.4, -0.2) is 34.9 Å². The topological polar surface area (TPSA) is 39.7 Å². The Hall–Kier alpha value is -3.24. The van der Waals surface area contributed by atoms with E-state index in [0.29, 0.717) is 0 Å². The minimum atomic E-state index is 0.751. The molecule has 0 aliphatic carbocycles. The van der Waals surface area contributed by atoms with Crippen LogP contribution in [0.3, 0.4) is 0 Å². The van der Waals surface area contributed by atoms with Crippen molar-refractivity contribution in [2.75, 3.05) is 34.9 Å². The predicted molar refractivity (Wildman–Crippen MR) is 138 cm³/mol. The normalized spacial score (nSPS) is 11.0. The number of methoxy groups -OCH3 is 3. The number of hydrogen-bond donors (Lipinski definition) is 1. The van der Waals surface area contributed by atoms with Crippen LogP contribution in [0.25, 0.3) is 12.2 Å². The van der Waals surface area contributed by atoms with Crippen molar-refractivity contribution in [3.8, 4) is 17.2 Å². The van der Waals surface area contributed by atoms with E-state index in [1.54, 1.807) is 21.3 Å². The quantitative estimate of drug-likeness (QED) is 0.282. The summed E-state index contributed by atoms with van der Waals surface area (Å²) in [4.78, 5) is 0. The molecule has 3 aromatic rings. The van der Waals surface area contributed by atoms with Gasteiger partial charge in [-0.2, -0.15) is 0 Å². The van der Waals surface area contributed by atoms with Crippen molar-refractivity contribution in [1.82, 2.24) is 5.32 Å². The lowest BCUT2D eigenvalue weighted by Crippen LogP contribution is -2.09. The van der Waals surface area contributed by atoms with Crippen LogP contribution in [0.5, 0.6) is 17.2 Å². The largest absolute Gasteiger partial charge is 0.497 e. The fraction of sp³-hybridized carbons (Fsp3) is 0.310. The van der Waals surface area contributed by atoms with E-state index in [4.69, 9.17) is 14.2 Å². The molecule has 0 bridgehead atoms. The summed E-state index contributed by atoms with van der Waals surface area (Å²) >= 11 is 0. The van der Waals surface area contributed by atoms with E-state index in [9.17, 15) is 0 Å². The van der Waals surface area contributed by atoms with Gasteiger partial charge in [0.05, 0.1) is 21.3 Å². The molecule has 0 radical (unpaired) electrons. The van der Waals surface area contributed by atoms with Crippen LogP contribution in [0.4, 0.5) is 0 Å². The van der Waals surface area contributed by atoms with Crippen LogP contribution in [0, 0.1) is 0 Å². The molecule has 0 fully saturated rings. The van der Waals surface area contributed by atoms with Crippen LogP contribution in [0.2, 0.25) is 0 Å². The van der Waals surface area contributed by atoms with E-state index in [1.165, 1.54) is 27.8 Å². The number of nitrogens with one attached hydrogen (secondary N) is 1. The second-order valence-electron chi connectivity index (χ2n) is 8.00.